The molecule has 1 aromatic rings. The lowest BCUT2D eigenvalue weighted by Crippen LogP contribution is -2.08. The van der Waals surface area contributed by atoms with Crippen molar-refractivity contribution in [3.63, 3.8) is 0 Å². The Hall–Kier alpha value is -0.610. The van der Waals surface area contributed by atoms with Gasteiger partial charge < -0.3 is 5.11 Å². The van der Waals surface area contributed by atoms with Gasteiger partial charge in [-0.2, -0.15) is 12.6 Å². The topological polar surface area (TPSA) is 37.3 Å². The van der Waals surface area contributed by atoms with E-state index in [1.165, 1.54) is 31.7 Å². The third-order valence-electron chi connectivity index (χ3n) is 3.84. The molecule has 0 aliphatic heterocycles. The zero-order chi connectivity index (χ0) is 13.1. The van der Waals surface area contributed by atoms with Crippen molar-refractivity contribution >= 4 is 31.2 Å². The first-order chi connectivity index (χ1) is 8.58. The molecule has 2 bridgehead atoms. The molecule has 0 spiro atoms. The van der Waals surface area contributed by atoms with Crippen LogP contribution in [0.15, 0.2) is 29.2 Å². The van der Waals surface area contributed by atoms with Crippen molar-refractivity contribution in [1.29, 1.82) is 0 Å². The molecule has 0 heterocycles. The molecular formula is C14H18O2S2. The summed E-state index contributed by atoms with van der Waals surface area (Å²) < 4.78 is 0. The molecule has 3 unspecified atom stereocenters. The minimum atomic E-state index is -0.939. The smallest absolute Gasteiger partial charge is 0.336 e. The molecule has 0 saturated heterocycles. The van der Waals surface area contributed by atoms with Crippen LogP contribution < -0.4 is 0 Å². The second-order valence-electron chi connectivity index (χ2n) is 5.06. The average molecular weight is 282 g/mol. The lowest BCUT2D eigenvalue weighted by Gasteiger charge is -2.14. The largest absolute Gasteiger partial charge is 0.478 e. The first-order valence-electron chi connectivity index (χ1n) is 6.27. The zero-order valence-electron chi connectivity index (χ0n) is 10.1. The third kappa shape index (κ3) is 3.23. The maximum atomic E-state index is 10.4. The molecule has 3 rings (SSSR count). The third-order valence-corrected chi connectivity index (χ3v) is 4.86. The van der Waals surface area contributed by atoms with Gasteiger partial charge in [0.05, 0.1) is 5.56 Å². The summed E-state index contributed by atoms with van der Waals surface area (Å²) in [6.45, 7) is 0. The lowest BCUT2D eigenvalue weighted by atomic mass is 10.0. The highest BCUT2D eigenvalue weighted by Crippen LogP contribution is 2.46. The van der Waals surface area contributed by atoms with E-state index < -0.39 is 5.97 Å². The maximum absolute atomic E-state index is 10.4. The highest BCUT2D eigenvalue weighted by atomic mass is 32.1. The Morgan fingerprint density at radius 2 is 1.94 bits per heavy atom. The molecule has 1 N–H and O–H groups in total. The molecule has 1 aromatic carbocycles. The van der Waals surface area contributed by atoms with E-state index >= 15 is 0 Å². The van der Waals surface area contributed by atoms with Crippen LogP contribution in [0.3, 0.4) is 0 Å². The van der Waals surface area contributed by atoms with Gasteiger partial charge in [-0.1, -0.05) is 18.6 Å². The molecule has 2 saturated carbocycles. The van der Waals surface area contributed by atoms with Crippen LogP contribution in [0.5, 0.6) is 0 Å². The number of aromatic carboxylic acids is 1. The van der Waals surface area contributed by atoms with E-state index in [1.54, 1.807) is 18.2 Å². The number of hydrogen-bond donors (Lipinski definition) is 3. The second kappa shape index (κ2) is 6.02. The number of rotatable bonds is 1. The van der Waals surface area contributed by atoms with E-state index in [4.69, 9.17) is 5.11 Å². The van der Waals surface area contributed by atoms with E-state index in [2.05, 4.69) is 25.3 Å². The molecule has 2 aliphatic carbocycles. The highest BCUT2D eigenvalue weighted by Gasteiger charge is 2.37. The first-order valence-corrected chi connectivity index (χ1v) is 7.23. The summed E-state index contributed by atoms with van der Waals surface area (Å²) in [5, 5.41) is 9.29. The van der Waals surface area contributed by atoms with Crippen LogP contribution in [0, 0.1) is 11.8 Å². The predicted octanol–water partition coefficient (Wildman–Crippen LogP) is 3.78. The molecule has 2 aliphatic rings. The van der Waals surface area contributed by atoms with E-state index in [-0.39, 0.29) is 5.56 Å². The first kappa shape index (κ1) is 13.8. The molecule has 0 radical (unpaired) electrons. The van der Waals surface area contributed by atoms with Crippen LogP contribution in [0.4, 0.5) is 0 Å². The van der Waals surface area contributed by atoms with Crippen LogP contribution in [0.2, 0.25) is 0 Å². The van der Waals surface area contributed by atoms with E-state index in [0.717, 1.165) is 17.1 Å². The van der Waals surface area contributed by atoms with Crippen LogP contribution in [0.1, 0.15) is 36.0 Å². The highest BCUT2D eigenvalue weighted by molar-refractivity contribution is 7.81. The molecule has 2 nitrogen and oxygen atoms in total. The second-order valence-corrected chi connectivity index (χ2v) is 6.21. The Morgan fingerprint density at radius 3 is 2.28 bits per heavy atom. The van der Waals surface area contributed by atoms with Gasteiger partial charge in [0.2, 0.25) is 0 Å². The summed E-state index contributed by atoms with van der Waals surface area (Å²) in [7, 11) is 0. The SMILES string of the molecule is O=C(O)c1ccccc1S.SC1CC2CCC1C2. The quantitative estimate of drug-likeness (QED) is 0.686. The van der Waals surface area contributed by atoms with Crippen molar-refractivity contribution in [2.75, 3.05) is 0 Å². The zero-order valence-corrected chi connectivity index (χ0v) is 11.9. The van der Waals surface area contributed by atoms with Crippen molar-refractivity contribution in [2.24, 2.45) is 11.8 Å². The number of carboxylic acids is 1. The Morgan fingerprint density at radius 1 is 1.22 bits per heavy atom. The van der Waals surface area contributed by atoms with Crippen LogP contribution in [-0.2, 0) is 0 Å². The van der Waals surface area contributed by atoms with Gasteiger partial charge in [-0.3, -0.25) is 0 Å². The molecule has 4 heteroatoms. The van der Waals surface area contributed by atoms with Gasteiger partial charge in [0, 0.05) is 10.1 Å². The Kier molecular flexibility index (Phi) is 4.62. The van der Waals surface area contributed by atoms with Crippen molar-refractivity contribution in [3.05, 3.63) is 29.8 Å². The number of thiol groups is 2. The minimum Gasteiger partial charge on any atom is -0.478 e. The Bertz CT molecular complexity index is 432. The maximum Gasteiger partial charge on any atom is 0.336 e. The van der Waals surface area contributed by atoms with Crippen molar-refractivity contribution < 1.29 is 9.90 Å². The summed E-state index contributed by atoms with van der Waals surface area (Å²) >= 11 is 8.45. The van der Waals surface area contributed by atoms with Gasteiger partial charge in [-0.05, 0) is 43.2 Å². The molecule has 0 aromatic heterocycles. The summed E-state index contributed by atoms with van der Waals surface area (Å²) in [6.07, 6.45) is 5.88. The summed E-state index contributed by atoms with van der Waals surface area (Å²) in [6, 6.07) is 6.58. The summed E-state index contributed by atoms with van der Waals surface area (Å²) in [4.78, 5) is 10.9. The average Bonchev–Trinajstić information content (AvgIpc) is 2.91. The van der Waals surface area contributed by atoms with Gasteiger partial charge in [0.1, 0.15) is 0 Å². The number of hydrogen-bond acceptors (Lipinski definition) is 3. The standard InChI is InChI=1S/C7H6O2S.C7H12S/c8-7(9)5-3-1-2-4-6(5)10;8-7-4-5-1-2-6(7)3-5/h1-4,10H,(H,8,9);5-8H,1-4H2. The summed E-state index contributed by atoms with van der Waals surface area (Å²) in [5.74, 6) is 1.14. The predicted molar refractivity (Wildman–Crippen MR) is 78.9 cm³/mol. The molecular weight excluding hydrogens is 264 g/mol. The van der Waals surface area contributed by atoms with Gasteiger partial charge >= 0.3 is 5.97 Å². The fourth-order valence-corrected chi connectivity index (χ4v) is 3.69. The number of carbonyl (C=O) groups is 1. The Balaban J connectivity index is 0.000000136. The van der Waals surface area contributed by atoms with E-state index in [0.29, 0.717) is 4.90 Å². The summed E-state index contributed by atoms with van der Waals surface area (Å²) in [5.41, 5.74) is 0.242. The molecule has 2 fully saturated rings. The van der Waals surface area contributed by atoms with Crippen LogP contribution in [0.25, 0.3) is 0 Å². The van der Waals surface area contributed by atoms with Crippen molar-refractivity contribution in [2.45, 2.75) is 35.8 Å². The fraction of sp³-hybridized carbons (Fsp3) is 0.500. The normalized spacial score (nSPS) is 28.7. The van der Waals surface area contributed by atoms with Crippen LogP contribution >= 0.6 is 25.3 Å². The molecule has 3 atom stereocenters. The Labute approximate surface area is 119 Å². The van der Waals surface area contributed by atoms with Gasteiger partial charge in [-0.25, -0.2) is 4.79 Å². The fourth-order valence-electron chi connectivity index (χ4n) is 2.87. The minimum absolute atomic E-state index is 0.242. The van der Waals surface area contributed by atoms with Crippen molar-refractivity contribution in [3.8, 4) is 0 Å². The number of fused-ring (bicyclic) bond motifs is 2. The number of benzene rings is 1. The molecule has 18 heavy (non-hydrogen) atoms. The van der Waals surface area contributed by atoms with E-state index in [9.17, 15) is 4.79 Å². The van der Waals surface area contributed by atoms with Gasteiger partial charge in [0.15, 0.2) is 0 Å². The number of carboxylic acid groups (broad SMARTS) is 1. The molecule has 0 amide bonds. The lowest BCUT2D eigenvalue weighted by molar-refractivity contribution is 0.0693. The molecule has 98 valence electrons. The van der Waals surface area contributed by atoms with Gasteiger partial charge in [-0.15, -0.1) is 12.6 Å². The van der Waals surface area contributed by atoms with E-state index in [1.807, 2.05) is 0 Å². The van der Waals surface area contributed by atoms with Crippen molar-refractivity contribution in [1.82, 2.24) is 0 Å². The van der Waals surface area contributed by atoms with Gasteiger partial charge in [0.25, 0.3) is 0 Å². The van der Waals surface area contributed by atoms with Crippen LogP contribution in [-0.4, -0.2) is 16.3 Å². The monoisotopic (exact) mass is 282 g/mol.